The van der Waals surface area contributed by atoms with Gasteiger partial charge in [0.1, 0.15) is 5.82 Å². The summed E-state index contributed by atoms with van der Waals surface area (Å²) in [5, 5.41) is 0. The highest BCUT2D eigenvalue weighted by Crippen LogP contribution is 2.20. The summed E-state index contributed by atoms with van der Waals surface area (Å²) < 4.78 is 0. The Hall–Kier alpha value is -1.94. The molecule has 0 aliphatic carbocycles. The van der Waals surface area contributed by atoms with Gasteiger partial charge in [0.05, 0.1) is 0 Å². The van der Waals surface area contributed by atoms with Crippen molar-refractivity contribution in [3.05, 3.63) is 53.5 Å². The molecule has 4 nitrogen and oxygen atoms in total. The van der Waals surface area contributed by atoms with Gasteiger partial charge in [-0.25, -0.2) is 4.98 Å². The van der Waals surface area contributed by atoms with E-state index in [1.807, 2.05) is 31.4 Å². The van der Waals surface area contributed by atoms with E-state index in [2.05, 4.69) is 21.8 Å². The molecule has 0 aliphatic heterocycles. The maximum atomic E-state index is 5.81. The first kappa shape index (κ1) is 12.5. The first-order chi connectivity index (χ1) is 8.72. The summed E-state index contributed by atoms with van der Waals surface area (Å²) in [6.07, 6.45) is 5.43. The molecule has 2 N–H and O–H groups in total. The van der Waals surface area contributed by atoms with Gasteiger partial charge in [-0.15, -0.1) is 0 Å². The number of hydrogen-bond acceptors (Lipinski definition) is 4. The summed E-state index contributed by atoms with van der Waals surface area (Å²) in [5.41, 5.74) is 9.30. The lowest BCUT2D eigenvalue weighted by Crippen LogP contribution is -2.20. The standard InChI is InChI=1S/C14H18N4/c1-11-3-8-17-14(13(11)9-15)18(2)10-12-4-6-16-7-5-12/h3-8H,9-10,15H2,1-2H3. The van der Waals surface area contributed by atoms with Crippen LogP contribution in [0.3, 0.4) is 0 Å². The summed E-state index contributed by atoms with van der Waals surface area (Å²) in [4.78, 5) is 10.6. The number of aryl methyl sites for hydroxylation is 1. The van der Waals surface area contributed by atoms with Gasteiger partial charge in [0, 0.05) is 44.3 Å². The second kappa shape index (κ2) is 5.60. The molecular formula is C14H18N4. The van der Waals surface area contributed by atoms with Crippen molar-refractivity contribution >= 4 is 5.82 Å². The molecule has 0 saturated heterocycles. The molecule has 2 aromatic rings. The zero-order valence-electron chi connectivity index (χ0n) is 10.8. The third-order valence-corrected chi connectivity index (χ3v) is 3.00. The quantitative estimate of drug-likeness (QED) is 0.889. The average molecular weight is 242 g/mol. The summed E-state index contributed by atoms with van der Waals surface area (Å²) in [5.74, 6) is 0.953. The summed E-state index contributed by atoms with van der Waals surface area (Å²) in [7, 11) is 2.03. The average Bonchev–Trinajstić information content (AvgIpc) is 2.39. The lowest BCUT2D eigenvalue weighted by Gasteiger charge is -2.21. The van der Waals surface area contributed by atoms with Crippen LogP contribution in [0.5, 0.6) is 0 Å². The van der Waals surface area contributed by atoms with Crippen LogP contribution in [0.2, 0.25) is 0 Å². The lowest BCUT2D eigenvalue weighted by atomic mass is 10.1. The van der Waals surface area contributed by atoms with Crippen molar-refractivity contribution in [3.8, 4) is 0 Å². The zero-order chi connectivity index (χ0) is 13.0. The Balaban J connectivity index is 2.24. The van der Waals surface area contributed by atoms with Crippen molar-refractivity contribution in [2.45, 2.75) is 20.0 Å². The first-order valence-electron chi connectivity index (χ1n) is 5.97. The van der Waals surface area contributed by atoms with Crippen LogP contribution in [0.4, 0.5) is 5.82 Å². The van der Waals surface area contributed by atoms with Crippen LogP contribution in [-0.4, -0.2) is 17.0 Å². The Bertz CT molecular complexity index is 510. The number of anilines is 1. The SMILES string of the molecule is Cc1ccnc(N(C)Cc2ccncc2)c1CN. The van der Waals surface area contributed by atoms with Crippen molar-refractivity contribution in [1.82, 2.24) is 9.97 Å². The molecule has 0 bridgehead atoms. The fraction of sp³-hybridized carbons (Fsp3) is 0.286. The number of nitrogens with two attached hydrogens (primary N) is 1. The molecule has 0 unspecified atom stereocenters. The molecule has 0 aromatic carbocycles. The molecule has 4 heteroatoms. The van der Waals surface area contributed by atoms with Gasteiger partial charge in [-0.05, 0) is 36.2 Å². The topological polar surface area (TPSA) is 55.0 Å². The van der Waals surface area contributed by atoms with Gasteiger partial charge in [-0.2, -0.15) is 0 Å². The molecule has 0 fully saturated rings. The maximum Gasteiger partial charge on any atom is 0.133 e. The predicted molar refractivity (Wildman–Crippen MR) is 73.2 cm³/mol. The zero-order valence-corrected chi connectivity index (χ0v) is 10.8. The Morgan fingerprint density at radius 2 is 1.89 bits per heavy atom. The predicted octanol–water partition coefficient (Wildman–Crippen LogP) is 1.88. The normalized spacial score (nSPS) is 10.4. The largest absolute Gasteiger partial charge is 0.355 e. The minimum Gasteiger partial charge on any atom is -0.355 e. The van der Waals surface area contributed by atoms with Gasteiger partial charge >= 0.3 is 0 Å². The van der Waals surface area contributed by atoms with Crippen molar-refractivity contribution in [2.75, 3.05) is 11.9 Å². The van der Waals surface area contributed by atoms with Crippen LogP contribution in [0.25, 0.3) is 0 Å². The van der Waals surface area contributed by atoms with E-state index in [0.29, 0.717) is 6.54 Å². The minimum atomic E-state index is 0.510. The van der Waals surface area contributed by atoms with Gasteiger partial charge < -0.3 is 10.6 Å². The van der Waals surface area contributed by atoms with Crippen molar-refractivity contribution in [2.24, 2.45) is 5.73 Å². The molecule has 0 atom stereocenters. The van der Waals surface area contributed by atoms with Crippen LogP contribution >= 0.6 is 0 Å². The number of aromatic nitrogens is 2. The summed E-state index contributed by atoms with van der Waals surface area (Å²) in [6.45, 7) is 3.37. The van der Waals surface area contributed by atoms with E-state index < -0.39 is 0 Å². The van der Waals surface area contributed by atoms with E-state index in [1.165, 1.54) is 11.1 Å². The molecule has 0 amide bonds. The highest BCUT2D eigenvalue weighted by atomic mass is 15.2. The van der Waals surface area contributed by atoms with Crippen LogP contribution < -0.4 is 10.6 Å². The number of pyridine rings is 2. The molecule has 2 aromatic heterocycles. The van der Waals surface area contributed by atoms with Crippen molar-refractivity contribution in [1.29, 1.82) is 0 Å². The summed E-state index contributed by atoms with van der Waals surface area (Å²) in [6, 6.07) is 6.01. The Kier molecular flexibility index (Phi) is 3.89. The van der Waals surface area contributed by atoms with Crippen LogP contribution in [0.1, 0.15) is 16.7 Å². The fourth-order valence-electron chi connectivity index (χ4n) is 1.99. The third-order valence-electron chi connectivity index (χ3n) is 3.00. The van der Waals surface area contributed by atoms with Crippen LogP contribution in [-0.2, 0) is 13.1 Å². The minimum absolute atomic E-state index is 0.510. The highest BCUT2D eigenvalue weighted by molar-refractivity contribution is 5.50. The van der Waals surface area contributed by atoms with Crippen molar-refractivity contribution < 1.29 is 0 Å². The fourth-order valence-corrected chi connectivity index (χ4v) is 1.99. The van der Waals surface area contributed by atoms with Gasteiger partial charge in [0.15, 0.2) is 0 Å². The molecule has 0 radical (unpaired) electrons. The van der Waals surface area contributed by atoms with E-state index in [0.717, 1.165) is 17.9 Å². The van der Waals surface area contributed by atoms with Crippen LogP contribution in [0, 0.1) is 6.92 Å². The van der Waals surface area contributed by atoms with Gasteiger partial charge in [-0.1, -0.05) is 0 Å². The Morgan fingerprint density at radius 1 is 1.17 bits per heavy atom. The van der Waals surface area contributed by atoms with Gasteiger partial charge in [-0.3, -0.25) is 4.98 Å². The third kappa shape index (κ3) is 2.65. The number of hydrogen-bond donors (Lipinski definition) is 1. The second-order valence-electron chi connectivity index (χ2n) is 4.35. The smallest absolute Gasteiger partial charge is 0.133 e. The monoisotopic (exact) mass is 242 g/mol. The lowest BCUT2D eigenvalue weighted by molar-refractivity contribution is 0.870. The second-order valence-corrected chi connectivity index (χ2v) is 4.35. The van der Waals surface area contributed by atoms with Crippen LogP contribution in [0.15, 0.2) is 36.8 Å². The number of nitrogens with zero attached hydrogens (tertiary/aromatic N) is 3. The molecule has 0 spiro atoms. The van der Waals surface area contributed by atoms with E-state index >= 15 is 0 Å². The summed E-state index contributed by atoms with van der Waals surface area (Å²) >= 11 is 0. The van der Waals surface area contributed by atoms with E-state index in [1.54, 1.807) is 12.4 Å². The molecule has 0 aliphatic rings. The highest BCUT2D eigenvalue weighted by Gasteiger charge is 2.10. The first-order valence-corrected chi connectivity index (χ1v) is 5.97. The van der Waals surface area contributed by atoms with Gasteiger partial charge in [0.25, 0.3) is 0 Å². The van der Waals surface area contributed by atoms with Gasteiger partial charge in [0.2, 0.25) is 0 Å². The molecular weight excluding hydrogens is 224 g/mol. The molecule has 0 saturated carbocycles. The molecule has 2 rings (SSSR count). The van der Waals surface area contributed by atoms with Crippen molar-refractivity contribution in [3.63, 3.8) is 0 Å². The van der Waals surface area contributed by atoms with E-state index in [9.17, 15) is 0 Å². The number of rotatable bonds is 4. The van der Waals surface area contributed by atoms with E-state index in [4.69, 9.17) is 5.73 Å². The Morgan fingerprint density at radius 3 is 2.56 bits per heavy atom. The van der Waals surface area contributed by atoms with E-state index in [-0.39, 0.29) is 0 Å². The Labute approximate surface area is 107 Å². The molecule has 18 heavy (non-hydrogen) atoms. The maximum absolute atomic E-state index is 5.81. The molecule has 2 heterocycles. The molecule has 94 valence electrons.